The molecule has 3 unspecified atom stereocenters. The highest BCUT2D eigenvalue weighted by atomic mass is 16.5. The molecule has 1 aliphatic carbocycles. The van der Waals surface area contributed by atoms with Crippen LogP contribution in [0.3, 0.4) is 0 Å². The van der Waals surface area contributed by atoms with E-state index in [1.807, 2.05) is 0 Å². The molecule has 2 N–H and O–H groups in total. The van der Waals surface area contributed by atoms with E-state index in [9.17, 15) is 14.4 Å². The van der Waals surface area contributed by atoms with Crippen LogP contribution in [-0.4, -0.2) is 34.2 Å². The molecule has 18 heavy (non-hydrogen) atoms. The third-order valence-electron chi connectivity index (χ3n) is 3.17. The van der Waals surface area contributed by atoms with Crippen LogP contribution in [0, 0.1) is 11.8 Å². The van der Waals surface area contributed by atoms with E-state index in [0.29, 0.717) is 12.8 Å². The first-order valence-electron chi connectivity index (χ1n) is 6.07. The average molecular weight is 258 g/mol. The zero-order valence-corrected chi connectivity index (χ0v) is 10.3. The quantitative estimate of drug-likeness (QED) is 0.720. The highest BCUT2D eigenvalue weighted by Crippen LogP contribution is 2.31. The summed E-state index contributed by atoms with van der Waals surface area (Å²) >= 11 is 0. The maximum absolute atomic E-state index is 11.8. The first-order valence-corrected chi connectivity index (χ1v) is 6.07. The van der Waals surface area contributed by atoms with Crippen molar-refractivity contribution in [3.63, 3.8) is 0 Å². The number of carboxylic acids is 2. The third-order valence-corrected chi connectivity index (χ3v) is 3.17. The van der Waals surface area contributed by atoms with E-state index in [-0.39, 0.29) is 6.42 Å². The molecule has 0 spiro atoms. The van der Waals surface area contributed by atoms with E-state index < -0.39 is 35.8 Å². The molecule has 0 aromatic carbocycles. The number of carboxylic acid groups (broad SMARTS) is 2. The second-order valence-corrected chi connectivity index (χ2v) is 4.68. The number of hydrogen-bond acceptors (Lipinski definition) is 4. The summed E-state index contributed by atoms with van der Waals surface area (Å²) < 4.78 is 5.00. The highest BCUT2D eigenvalue weighted by molar-refractivity contribution is 5.81. The molecule has 102 valence electrons. The van der Waals surface area contributed by atoms with Gasteiger partial charge in [0.05, 0.1) is 18.3 Å². The van der Waals surface area contributed by atoms with Crippen LogP contribution < -0.4 is 0 Å². The molecule has 0 radical (unpaired) electrons. The van der Waals surface area contributed by atoms with E-state index in [1.165, 1.54) is 6.92 Å². The smallest absolute Gasteiger partial charge is 0.310 e. The molecule has 0 saturated heterocycles. The Bertz CT molecular complexity index is 337. The second kappa shape index (κ2) is 6.37. The fourth-order valence-corrected chi connectivity index (χ4v) is 2.28. The molecule has 0 aliphatic heterocycles. The van der Waals surface area contributed by atoms with E-state index >= 15 is 0 Å². The minimum absolute atomic E-state index is 0.268. The summed E-state index contributed by atoms with van der Waals surface area (Å²) in [7, 11) is 0. The van der Waals surface area contributed by atoms with Gasteiger partial charge in [0.15, 0.2) is 0 Å². The van der Waals surface area contributed by atoms with Gasteiger partial charge in [0.1, 0.15) is 6.10 Å². The number of aliphatic carboxylic acids is 2. The van der Waals surface area contributed by atoms with Crippen LogP contribution in [0.5, 0.6) is 0 Å². The van der Waals surface area contributed by atoms with Gasteiger partial charge < -0.3 is 14.9 Å². The summed E-state index contributed by atoms with van der Waals surface area (Å²) in [4.78, 5) is 33.3. The van der Waals surface area contributed by atoms with Gasteiger partial charge in [-0.2, -0.15) is 0 Å². The molecule has 1 rings (SSSR count). The molecule has 0 bridgehead atoms. The Morgan fingerprint density at radius 2 is 1.72 bits per heavy atom. The van der Waals surface area contributed by atoms with Crippen molar-refractivity contribution in [3.05, 3.63) is 0 Å². The Morgan fingerprint density at radius 3 is 2.22 bits per heavy atom. The molecule has 1 saturated carbocycles. The number of ether oxygens (including phenoxy) is 1. The minimum Gasteiger partial charge on any atom is -0.481 e. The van der Waals surface area contributed by atoms with Crippen molar-refractivity contribution < 1.29 is 29.3 Å². The van der Waals surface area contributed by atoms with Crippen LogP contribution in [0.25, 0.3) is 0 Å². The van der Waals surface area contributed by atoms with Crippen LogP contribution in [-0.2, 0) is 19.1 Å². The molecular weight excluding hydrogens is 240 g/mol. The largest absolute Gasteiger partial charge is 0.481 e. The van der Waals surface area contributed by atoms with Crippen molar-refractivity contribution in [1.82, 2.24) is 0 Å². The first kappa shape index (κ1) is 14.5. The third kappa shape index (κ3) is 4.01. The fraction of sp³-hybridized carbons (Fsp3) is 0.750. The van der Waals surface area contributed by atoms with Crippen molar-refractivity contribution in [2.45, 2.75) is 45.1 Å². The molecule has 0 heterocycles. The predicted octanol–water partition coefficient (Wildman–Crippen LogP) is 1.28. The molecule has 3 atom stereocenters. The normalized spacial score (nSPS) is 25.2. The summed E-state index contributed by atoms with van der Waals surface area (Å²) in [6.45, 7) is 1.49. The van der Waals surface area contributed by atoms with Crippen LogP contribution in [0.4, 0.5) is 0 Å². The minimum atomic E-state index is -1.05. The predicted molar refractivity (Wildman–Crippen MR) is 60.9 cm³/mol. The number of rotatable bonds is 5. The summed E-state index contributed by atoms with van der Waals surface area (Å²) in [5.74, 6) is -3.97. The van der Waals surface area contributed by atoms with Gasteiger partial charge in [-0.15, -0.1) is 0 Å². The summed E-state index contributed by atoms with van der Waals surface area (Å²) in [6.07, 6.45) is 1.57. The van der Waals surface area contributed by atoms with Crippen molar-refractivity contribution in [1.29, 1.82) is 0 Å². The average Bonchev–Trinajstić information content (AvgIpc) is 2.27. The molecule has 0 aromatic rings. The van der Waals surface area contributed by atoms with Gasteiger partial charge in [-0.3, -0.25) is 14.4 Å². The molecule has 1 aliphatic rings. The Labute approximate surface area is 105 Å². The zero-order valence-electron chi connectivity index (χ0n) is 10.3. The van der Waals surface area contributed by atoms with Crippen molar-refractivity contribution in [3.8, 4) is 0 Å². The lowest BCUT2D eigenvalue weighted by atomic mass is 9.79. The lowest BCUT2D eigenvalue weighted by molar-refractivity contribution is -0.164. The summed E-state index contributed by atoms with van der Waals surface area (Å²) in [5.41, 5.74) is 0. The molecule has 6 heteroatoms. The number of esters is 1. The zero-order chi connectivity index (χ0) is 13.7. The fourth-order valence-electron chi connectivity index (χ4n) is 2.28. The van der Waals surface area contributed by atoms with Crippen molar-refractivity contribution in [2.24, 2.45) is 11.8 Å². The monoisotopic (exact) mass is 258 g/mol. The van der Waals surface area contributed by atoms with Gasteiger partial charge in [-0.05, 0) is 19.8 Å². The number of hydrogen-bond donors (Lipinski definition) is 2. The van der Waals surface area contributed by atoms with E-state index in [2.05, 4.69) is 0 Å². The van der Waals surface area contributed by atoms with Crippen molar-refractivity contribution >= 4 is 17.9 Å². The SMILES string of the molecule is CC(CC(=O)O)OC(=O)C1CCCCC1C(=O)O. The molecule has 0 aromatic heterocycles. The van der Waals surface area contributed by atoms with Crippen LogP contribution in [0.1, 0.15) is 39.0 Å². The van der Waals surface area contributed by atoms with Gasteiger partial charge in [-0.25, -0.2) is 0 Å². The Morgan fingerprint density at radius 1 is 1.17 bits per heavy atom. The maximum atomic E-state index is 11.8. The number of carbonyl (C=O) groups is 3. The molecule has 1 fully saturated rings. The van der Waals surface area contributed by atoms with Crippen LogP contribution >= 0.6 is 0 Å². The molecule has 6 nitrogen and oxygen atoms in total. The standard InChI is InChI=1S/C12H18O6/c1-7(6-10(13)14)18-12(17)9-5-3-2-4-8(9)11(15)16/h7-9H,2-6H2,1H3,(H,13,14)(H,15,16). The molecule has 0 amide bonds. The van der Waals surface area contributed by atoms with Gasteiger partial charge in [0, 0.05) is 0 Å². The van der Waals surface area contributed by atoms with E-state index in [0.717, 1.165) is 12.8 Å². The second-order valence-electron chi connectivity index (χ2n) is 4.68. The number of carbonyl (C=O) groups excluding carboxylic acids is 1. The maximum Gasteiger partial charge on any atom is 0.310 e. The first-order chi connectivity index (χ1) is 8.41. The lowest BCUT2D eigenvalue weighted by Crippen LogP contribution is -2.35. The van der Waals surface area contributed by atoms with Crippen LogP contribution in [0.2, 0.25) is 0 Å². The van der Waals surface area contributed by atoms with Crippen molar-refractivity contribution in [2.75, 3.05) is 0 Å². The van der Waals surface area contributed by atoms with E-state index in [1.54, 1.807) is 0 Å². The van der Waals surface area contributed by atoms with Gasteiger partial charge in [0.25, 0.3) is 0 Å². The molecular formula is C12H18O6. The summed E-state index contributed by atoms with van der Waals surface area (Å²) in [5, 5.41) is 17.6. The summed E-state index contributed by atoms with van der Waals surface area (Å²) in [6, 6.07) is 0. The lowest BCUT2D eigenvalue weighted by Gasteiger charge is -2.27. The van der Waals surface area contributed by atoms with E-state index in [4.69, 9.17) is 14.9 Å². The Kier molecular flexibility index (Phi) is 5.12. The van der Waals surface area contributed by atoms with Gasteiger partial charge in [-0.1, -0.05) is 12.8 Å². The topological polar surface area (TPSA) is 101 Å². The van der Waals surface area contributed by atoms with Gasteiger partial charge in [0.2, 0.25) is 0 Å². The van der Waals surface area contributed by atoms with Gasteiger partial charge >= 0.3 is 17.9 Å². The highest BCUT2D eigenvalue weighted by Gasteiger charge is 2.37. The van der Waals surface area contributed by atoms with Crippen LogP contribution in [0.15, 0.2) is 0 Å². The Hall–Kier alpha value is -1.59. The Balaban J connectivity index is 2.58.